The zero-order valence-electron chi connectivity index (χ0n) is 9.51. The van der Waals surface area contributed by atoms with Crippen molar-refractivity contribution in [2.75, 3.05) is 7.05 Å². The van der Waals surface area contributed by atoms with Crippen molar-refractivity contribution < 1.29 is 6.22 Å². The summed E-state index contributed by atoms with van der Waals surface area (Å²) < 4.78 is 1.28. The van der Waals surface area contributed by atoms with Crippen LogP contribution in [0.25, 0.3) is 5.70 Å². The van der Waals surface area contributed by atoms with E-state index in [-0.39, 0.29) is 7.12 Å². The highest BCUT2D eigenvalue weighted by Gasteiger charge is 2.12. The average Bonchev–Trinajstić information content (AvgIpc) is 2.36. The van der Waals surface area contributed by atoms with Crippen LogP contribution in [0.2, 0.25) is 0 Å². The molecule has 0 aliphatic heterocycles. The van der Waals surface area contributed by atoms with Crippen LogP contribution in [0.15, 0.2) is 48.6 Å². The number of hydrogen-bond acceptors (Lipinski definition) is 3. The van der Waals surface area contributed by atoms with E-state index in [2.05, 4.69) is 23.5 Å². The fourth-order valence-corrected chi connectivity index (χ4v) is 1.26. The van der Waals surface area contributed by atoms with E-state index in [9.17, 15) is 9.59 Å². The molecule has 0 fully saturated rings. The minimum Gasteiger partial charge on any atom is -0.354 e. The van der Waals surface area contributed by atoms with E-state index in [1.54, 1.807) is 6.08 Å². The minimum absolute atomic E-state index is 0. The largest absolute Gasteiger partial charge is 0.354 e. The maximum atomic E-state index is 12.0. The molecule has 1 heterocycles. The van der Waals surface area contributed by atoms with Gasteiger partial charge in [0.05, 0.1) is 0 Å². The SMILES string of the molecule is C=C/C=C(\C=C)n1ccnc(C(=O)NC)c1=O.[HH]. The van der Waals surface area contributed by atoms with Crippen molar-refractivity contribution in [3.63, 3.8) is 0 Å². The summed E-state index contributed by atoms with van der Waals surface area (Å²) >= 11 is 0. The third-order valence-corrected chi connectivity index (χ3v) is 2.06. The van der Waals surface area contributed by atoms with Gasteiger partial charge in [-0.2, -0.15) is 0 Å². The lowest BCUT2D eigenvalue weighted by Gasteiger charge is -2.06. The van der Waals surface area contributed by atoms with E-state index in [1.807, 2.05) is 0 Å². The van der Waals surface area contributed by atoms with Gasteiger partial charge in [-0.25, -0.2) is 4.98 Å². The predicted molar refractivity (Wildman–Crippen MR) is 68.7 cm³/mol. The Morgan fingerprint density at radius 2 is 2.29 bits per heavy atom. The molecule has 1 N–H and O–H groups in total. The highest BCUT2D eigenvalue weighted by molar-refractivity contribution is 5.91. The molecule has 0 saturated heterocycles. The van der Waals surface area contributed by atoms with Gasteiger partial charge < -0.3 is 5.32 Å². The molecule has 0 aliphatic carbocycles. The van der Waals surface area contributed by atoms with Crippen LogP contribution in [0.4, 0.5) is 0 Å². The fourth-order valence-electron chi connectivity index (χ4n) is 1.26. The molecule has 5 heteroatoms. The summed E-state index contributed by atoms with van der Waals surface area (Å²) in [7, 11) is 1.44. The summed E-state index contributed by atoms with van der Waals surface area (Å²) in [5.74, 6) is -0.522. The van der Waals surface area contributed by atoms with Crippen LogP contribution in [0.1, 0.15) is 11.9 Å². The van der Waals surface area contributed by atoms with Gasteiger partial charge in [-0.1, -0.05) is 19.2 Å². The van der Waals surface area contributed by atoms with Gasteiger partial charge >= 0.3 is 0 Å². The van der Waals surface area contributed by atoms with Crippen LogP contribution < -0.4 is 10.9 Å². The third kappa shape index (κ3) is 2.57. The highest BCUT2D eigenvalue weighted by atomic mass is 16.2. The second-order valence-electron chi connectivity index (χ2n) is 3.06. The second kappa shape index (κ2) is 5.60. The molecule has 0 bridgehead atoms. The first-order valence-electron chi connectivity index (χ1n) is 4.91. The van der Waals surface area contributed by atoms with E-state index >= 15 is 0 Å². The Morgan fingerprint density at radius 3 is 2.82 bits per heavy atom. The topological polar surface area (TPSA) is 64.0 Å². The molecule has 1 rings (SSSR count). The zero-order valence-corrected chi connectivity index (χ0v) is 9.51. The molecule has 0 aromatic carbocycles. The van der Waals surface area contributed by atoms with E-state index in [0.29, 0.717) is 5.70 Å². The van der Waals surface area contributed by atoms with Gasteiger partial charge in [0.25, 0.3) is 11.5 Å². The van der Waals surface area contributed by atoms with Crippen LogP contribution in [0.5, 0.6) is 0 Å². The smallest absolute Gasteiger partial charge is 0.286 e. The molecule has 5 nitrogen and oxygen atoms in total. The van der Waals surface area contributed by atoms with Crippen molar-refractivity contribution in [3.8, 4) is 0 Å². The van der Waals surface area contributed by atoms with E-state index < -0.39 is 11.5 Å². The van der Waals surface area contributed by atoms with Crippen molar-refractivity contribution in [2.24, 2.45) is 0 Å². The Hall–Kier alpha value is -2.43. The first-order chi connectivity index (χ1) is 8.15. The first-order valence-corrected chi connectivity index (χ1v) is 4.91. The third-order valence-electron chi connectivity index (χ3n) is 2.06. The number of nitrogens with zero attached hydrogens (tertiary/aromatic N) is 2. The molecule has 0 radical (unpaired) electrons. The zero-order chi connectivity index (χ0) is 12.8. The van der Waals surface area contributed by atoms with E-state index in [1.165, 1.54) is 36.2 Å². The molecule has 0 spiro atoms. The molecule has 0 unspecified atom stereocenters. The summed E-state index contributed by atoms with van der Waals surface area (Å²) in [5, 5.41) is 2.36. The molecule has 1 aromatic rings. The number of allylic oxidation sites excluding steroid dienone is 4. The summed E-state index contributed by atoms with van der Waals surface area (Å²) in [4.78, 5) is 27.1. The fraction of sp³-hybridized carbons (Fsp3) is 0.0833. The minimum atomic E-state index is -0.522. The molecule has 1 amide bonds. The van der Waals surface area contributed by atoms with Gasteiger partial charge in [0.2, 0.25) is 0 Å². The number of aromatic nitrogens is 2. The van der Waals surface area contributed by atoms with Gasteiger partial charge in [-0.3, -0.25) is 14.2 Å². The Bertz CT molecular complexity index is 546. The molecular weight excluding hydrogens is 218 g/mol. The number of nitrogens with one attached hydrogen (secondary N) is 1. The first kappa shape index (κ1) is 12.6. The lowest BCUT2D eigenvalue weighted by Crippen LogP contribution is -2.32. The monoisotopic (exact) mass is 233 g/mol. The summed E-state index contributed by atoms with van der Waals surface area (Å²) in [6.45, 7) is 7.14. The maximum absolute atomic E-state index is 12.0. The van der Waals surface area contributed by atoms with Crippen LogP contribution in [0.3, 0.4) is 0 Å². The summed E-state index contributed by atoms with van der Waals surface area (Å²) in [6.07, 6.45) is 7.49. The van der Waals surface area contributed by atoms with Crippen LogP contribution in [-0.2, 0) is 0 Å². The standard InChI is InChI=1S/C12H13N3O2.H2/c1-4-6-9(5-2)15-8-7-14-10(12(15)17)11(16)13-3;/h4-8H,1-2H2,3H3,(H,13,16);1H/b9-6+;. The Kier molecular flexibility index (Phi) is 4.16. The maximum Gasteiger partial charge on any atom is 0.286 e. The summed E-state index contributed by atoms with van der Waals surface area (Å²) in [6, 6.07) is 0. The number of amides is 1. The molecule has 0 aliphatic rings. The lowest BCUT2D eigenvalue weighted by atomic mass is 10.3. The van der Waals surface area contributed by atoms with Crippen molar-refractivity contribution in [2.45, 2.75) is 0 Å². The number of carbonyl (C=O) groups is 1. The Balaban J connectivity index is 0.00000289. The number of carbonyl (C=O) groups excluding carboxylic acids is 1. The molecule has 17 heavy (non-hydrogen) atoms. The van der Waals surface area contributed by atoms with Crippen molar-refractivity contribution >= 4 is 11.6 Å². The van der Waals surface area contributed by atoms with Crippen LogP contribution >= 0.6 is 0 Å². The molecule has 1 aromatic heterocycles. The molecular formula is C12H15N3O2. The molecule has 0 atom stereocenters. The van der Waals surface area contributed by atoms with Crippen LogP contribution in [-0.4, -0.2) is 22.5 Å². The van der Waals surface area contributed by atoms with Crippen molar-refractivity contribution in [1.82, 2.24) is 14.9 Å². The quantitative estimate of drug-likeness (QED) is 0.791. The summed E-state index contributed by atoms with van der Waals surface area (Å²) in [5.41, 5.74) is -0.135. The van der Waals surface area contributed by atoms with Gasteiger partial charge in [-0.05, 0) is 12.2 Å². The lowest BCUT2D eigenvalue weighted by molar-refractivity contribution is 0.0956. The molecule has 0 saturated carbocycles. The van der Waals surface area contributed by atoms with Gasteiger partial charge in [-0.15, -0.1) is 0 Å². The Labute approximate surface area is 100 Å². The Morgan fingerprint density at radius 1 is 1.59 bits per heavy atom. The highest BCUT2D eigenvalue weighted by Crippen LogP contribution is 2.02. The van der Waals surface area contributed by atoms with Gasteiger partial charge in [0.1, 0.15) is 0 Å². The average molecular weight is 233 g/mol. The van der Waals surface area contributed by atoms with E-state index in [0.717, 1.165) is 0 Å². The predicted octanol–water partition coefficient (Wildman–Crippen LogP) is 1.06. The van der Waals surface area contributed by atoms with Crippen molar-refractivity contribution in [1.29, 1.82) is 0 Å². The van der Waals surface area contributed by atoms with Crippen LogP contribution in [0, 0.1) is 0 Å². The second-order valence-corrected chi connectivity index (χ2v) is 3.06. The van der Waals surface area contributed by atoms with E-state index in [4.69, 9.17) is 0 Å². The van der Waals surface area contributed by atoms with Crippen molar-refractivity contribution in [3.05, 3.63) is 59.8 Å². The molecule has 90 valence electrons. The van der Waals surface area contributed by atoms with Gasteiger partial charge in [0.15, 0.2) is 5.69 Å². The normalized spacial score (nSPS) is 10.8. The van der Waals surface area contributed by atoms with Gasteiger partial charge in [0, 0.05) is 26.6 Å². The number of rotatable bonds is 4. The number of hydrogen-bond donors (Lipinski definition) is 1.